The monoisotopic (exact) mass is 288 g/mol. The van der Waals surface area contributed by atoms with Crippen LogP contribution < -0.4 is 5.32 Å². The fourth-order valence-corrected chi connectivity index (χ4v) is 2.24. The number of ether oxygens (including phenoxy) is 1. The molecule has 0 aliphatic carbocycles. The predicted molar refractivity (Wildman–Crippen MR) is 68.9 cm³/mol. The van der Waals surface area contributed by atoms with Gasteiger partial charge in [0, 0.05) is 32.6 Å². The molecule has 0 amide bonds. The van der Waals surface area contributed by atoms with Crippen molar-refractivity contribution in [1.29, 1.82) is 0 Å². The molecule has 1 aromatic rings. The molecule has 19 heavy (non-hydrogen) atoms. The van der Waals surface area contributed by atoms with Crippen LogP contribution in [0.5, 0.6) is 0 Å². The highest BCUT2D eigenvalue weighted by Gasteiger charge is 2.21. The molecule has 1 rings (SSSR count). The van der Waals surface area contributed by atoms with Gasteiger partial charge in [0.05, 0.1) is 0 Å². The van der Waals surface area contributed by atoms with Crippen molar-refractivity contribution >= 4 is 21.6 Å². The molecule has 0 aliphatic heterocycles. The summed E-state index contributed by atoms with van der Waals surface area (Å²) < 4.78 is 27.9. The summed E-state index contributed by atoms with van der Waals surface area (Å²) in [6.45, 7) is 0.241. The summed E-state index contributed by atoms with van der Waals surface area (Å²) in [7, 11) is -2.01. The van der Waals surface area contributed by atoms with E-state index < -0.39 is 21.8 Å². The first kappa shape index (κ1) is 15.4. The highest BCUT2D eigenvalue weighted by Crippen LogP contribution is 2.19. The van der Waals surface area contributed by atoms with Crippen molar-refractivity contribution in [2.24, 2.45) is 0 Å². The van der Waals surface area contributed by atoms with Crippen LogP contribution in [0.3, 0.4) is 0 Å². The maximum Gasteiger partial charge on any atom is 0.326 e. The zero-order valence-electron chi connectivity index (χ0n) is 10.7. The lowest BCUT2D eigenvalue weighted by atomic mass is 10.2. The third-order valence-corrected chi connectivity index (χ3v) is 3.52. The Hall–Kier alpha value is -1.67. The van der Waals surface area contributed by atoms with Gasteiger partial charge in [0.1, 0.15) is 16.8 Å². The van der Waals surface area contributed by atoms with Gasteiger partial charge in [-0.3, -0.25) is 0 Å². The molecule has 0 radical (unpaired) electrons. The summed E-state index contributed by atoms with van der Waals surface area (Å²) in [5, 5.41) is 11.7. The van der Waals surface area contributed by atoms with E-state index in [1.54, 1.807) is 0 Å². The van der Waals surface area contributed by atoms with Crippen molar-refractivity contribution in [3.63, 3.8) is 0 Å². The van der Waals surface area contributed by atoms with Crippen LogP contribution in [0.4, 0.5) is 5.82 Å². The van der Waals surface area contributed by atoms with Gasteiger partial charge in [-0.1, -0.05) is 0 Å². The molecule has 106 valence electrons. The number of pyridine rings is 1. The van der Waals surface area contributed by atoms with Gasteiger partial charge < -0.3 is 15.2 Å². The number of carboxylic acids is 1. The van der Waals surface area contributed by atoms with Crippen molar-refractivity contribution in [1.82, 2.24) is 4.98 Å². The molecular weight excluding hydrogens is 272 g/mol. The van der Waals surface area contributed by atoms with E-state index in [1.165, 1.54) is 25.4 Å². The summed E-state index contributed by atoms with van der Waals surface area (Å²) >= 11 is 0. The third-order valence-electron chi connectivity index (χ3n) is 2.39. The highest BCUT2D eigenvalue weighted by molar-refractivity contribution is 7.90. The Bertz CT molecular complexity index is 544. The first-order valence-corrected chi connectivity index (χ1v) is 7.38. The number of carboxylic acid groups (broad SMARTS) is 1. The SMILES string of the molecule is COCCC(Nc1ncccc1S(C)(=O)=O)C(=O)O. The molecule has 7 nitrogen and oxygen atoms in total. The lowest BCUT2D eigenvalue weighted by Gasteiger charge is -2.16. The van der Waals surface area contributed by atoms with Gasteiger partial charge in [-0.2, -0.15) is 0 Å². The van der Waals surface area contributed by atoms with Crippen molar-refractivity contribution in [2.75, 3.05) is 25.3 Å². The van der Waals surface area contributed by atoms with Gasteiger partial charge in [0.25, 0.3) is 0 Å². The molecular formula is C11H16N2O5S. The minimum Gasteiger partial charge on any atom is -0.480 e. The number of hydrogen-bond acceptors (Lipinski definition) is 6. The maximum atomic E-state index is 11.6. The highest BCUT2D eigenvalue weighted by atomic mass is 32.2. The van der Waals surface area contributed by atoms with E-state index in [4.69, 9.17) is 9.84 Å². The molecule has 0 bridgehead atoms. The van der Waals surface area contributed by atoms with E-state index in [-0.39, 0.29) is 23.7 Å². The minimum absolute atomic E-state index is 0.0290. The number of aromatic nitrogens is 1. The van der Waals surface area contributed by atoms with E-state index in [0.717, 1.165) is 6.26 Å². The molecule has 8 heteroatoms. The fourth-order valence-electron chi connectivity index (χ4n) is 1.46. The van der Waals surface area contributed by atoms with Crippen LogP contribution >= 0.6 is 0 Å². The lowest BCUT2D eigenvalue weighted by Crippen LogP contribution is -2.31. The van der Waals surface area contributed by atoms with Gasteiger partial charge >= 0.3 is 5.97 Å². The van der Waals surface area contributed by atoms with E-state index in [9.17, 15) is 13.2 Å². The molecule has 0 spiro atoms. The van der Waals surface area contributed by atoms with Crippen LogP contribution in [0.1, 0.15) is 6.42 Å². The van der Waals surface area contributed by atoms with Crippen LogP contribution in [0.25, 0.3) is 0 Å². The zero-order valence-corrected chi connectivity index (χ0v) is 11.5. The number of anilines is 1. The molecule has 0 aliphatic rings. The van der Waals surface area contributed by atoms with Gasteiger partial charge in [-0.15, -0.1) is 0 Å². The van der Waals surface area contributed by atoms with Crippen molar-refractivity contribution in [3.8, 4) is 0 Å². The largest absolute Gasteiger partial charge is 0.480 e. The third kappa shape index (κ3) is 4.49. The Morgan fingerprint density at radius 3 is 2.79 bits per heavy atom. The molecule has 0 saturated heterocycles. The number of sulfone groups is 1. The van der Waals surface area contributed by atoms with Crippen LogP contribution in [0.15, 0.2) is 23.2 Å². The Morgan fingerprint density at radius 2 is 2.26 bits per heavy atom. The molecule has 0 aromatic carbocycles. The summed E-state index contributed by atoms with van der Waals surface area (Å²) in [4.78, 5) is 14.9. The van der Waals surface area contributed by atoms with Gasteiger partial charge in [-0.05, 0) is 12.1 Å². The Labute approximate surface area is 111 Å². The maximum absolute atomic E-state index is 11.6. The summed E-state index contributed by atoms with van der Waals surface area (Å²) in [5.41, 5.74) is 0. The van der Waals surface area contributed by atoms with Crippen LogP contribution in [-0.2, 0) is 19.4 Å². The second-order valence-electron chi connectivity index (χ2n) is 3.94. The molecule has 1 aromatic heterocycles. The minimum atomic E-state index is -3.47. The quantitative estimate of drug-likeness (QED) is 0.747. The molecule has 1 atom stereocenters. The van der Waals surface area contributed by atoms with Crippen molar-refractivity contribution < 1.29 is 23.1 Å². The second kappa shape index (κ2) is 6.48. The van der Waals surface area contributed by atoms with Crippen LogP contribution in [-0.4, -0.2) is 50.5 Å². The zero-order chi connectivity index (χ0) is 14.5. The number of aliphatic carboxylic acids is 1. The van der Waals surface area contributed by atoms with E-state index in [2.05, 4.69) is 10.3 Å². The number of hydrogen-bond donors (Lipinski definition) is 2. The molecule has 1 heterocycles. The second-order valence-corrected chi connectivity index (χ2v) is 5.92. The fraction of sp³-hybridized carbons (Fsp3) is 0.455. The standard InChI is InChI=1S/C11H16N2O5S/c1-18-7-5-8(11(14)15)13-10-9(19(2,16)17)4-3-6-12-10/h3-4,6,8H,5,7H2,1-2H3,(H,12,13)(H,14,15). The molecule has 0 saturated carbocycles. The molecule has 0 fully saturated rings. The summed E-state index contributed by atoms with van der Waals surface area (Å²) in [5.74, 6) is -1.06. The average molecular weight is 288 g/mol. The number of rotatable bonds is 7. The Balaban J connectivity index is 3.00. The average Bonchev–Trinajstić information content (AvgIpc) is 2.33. The molecule has 2 N–H and O–H groups in total. The topological polar surface area (TPSA) is 106 Å². The first-order valence-electron chi connectivity index (χ1n) is 5.49. The Morgan fingerprint density at radius 1 is 1.58 bits per heavy atom. The van der Waals surface area contributed by atoms with Crippen LogP contribution in [0, 0.1) is 0 Å². The van der Waals surface area contributed by atoms with E-state index in [1.807, 2.05) is 0 Å². The van der Waals surface area contributed by atoms with Crippen molar-refractivity contribution in [2.45, 2.75) is 17.4 Å². The first-order chi connectivity index (χ1) is 8.86. The van der Waals surface area contributed by atoms with Crippen LogP contribution in [0.2, 0.25) is 0 Å². The van der Waals surface area contributed by atoms with Gasteiger partial charge in [0.15, 0.2) is 9.84 Å². The number of nitrogens with one attached hydrogen (secondary N) is 1. The molecule has 1 unspecified atom stereocenters. The lowest BCUT2D eigenvalue weighted by molar-refractivity contribution is -0.138. The van der Waals surface area contributed by atoms with E-state index >= 15 is 0 Å². The van der Waals surface area contributed by atoms with Gasteiger partial charge in [0.2, 0.25) is 0 Å². The number of methoxy groups -OCH3 is 1. The van der Waals surface area contributed by atoms with E-state index in [0.29, 0.717) is 0 Å². The van der Waals surface area contributed by atoms with Gasteiger partial charge in [-0.25, -0.2) is 18.2 Å². The van der Waals surface area contributed by atoms with Crippen molar-refractivity contribution in [3.05, 3.63) is 18.3 Å². The predicted octanol–water partition coefficient (Wildman–Crippen LogP) is 0.387. The Kier molecular flexibility index (Phi) is 5.25. The number of carbonyl (C=O) groups is 1. The summed E-state index contributed by atoms with van der Waals surface area (Å²) in [6.07, 6.45) is 2.64. The summed E-state index contributed by atoms with van der Waals surface area (Å²) in [6, 6.07) is 1.89. The normalized spacial score (nSPS) is 12.9. The smallest absolute Gasteiger partial charge is 0.326 e. The number of nitrogens with zero attached hydrogens (tertiary/aromatic N) is 1.